The third kappa shape index (κ3) is 3.48. The van der Waals surface area contributed by atoms with Crippen molar-refractivity contribution in [3.63, 3.8) is 0 Å². The van der Waals surface area contributed by atoms with Crippen LogP contribution in [0.3, 0.4) is 0 Å². The lowest BCUT2D eigenvalue weighted by molar-refractivity contribution is 0.00159. The fraction of sp³-hybridized carbons (Fsp3) is 0.360. The first-order chi connectivity index (χ1) is 14.3. The van der Waals surface area contributed by atoms with Crippen LogP contribution in [0.5, 0.6) is 0 Å². The fourth-order valence-corrected chi connectivity index (χ4v) is 5.02. The number of imidazole rings is 1. The third-order valence-electron chi connectivity index (χ3n) is 6.50. The van der Waals surface area contributed by atoms with E-state index in [0.29, 0.717) is 11.5 Å². The Bertz CT molecular complexity index is 989. The zero-order chi connectivity index (χ0) is 19.6. The first kappa shape index (κ1) is 18.2. The van der Waals surface area contributed by atoms with E-state index in [9.17, 15) is 4.79 Å². The molecule has 0 amide bonds. The molecule has 29 heavy (non-hydrogen) atoms. The molecule has 4 nitrogen and oxygen atoms in total. The van der Waals surface area contributed by atoms with Crippen LogP contribution in [0.25, 0.3) is 11.3 Å². The van der Waals surface area contributed by atoms with E-state index in [4.69, 9.17) is 4.74 Å². The Morgan fingerprint density at radius 3 is 2.62 bits per heavy atom. The predicted molar refractivity (Wildman–Crippen MR) is 113 cm³/mol. The molecule has 3 aromatic rings. The molecule has 1 aromatic heterocycles. The van der Waals surface area contributed by atoms with E-state index in [0.717, 1.165) is 25.0 Å². The van der Waals surface area contributed by atoms with Crippen LogP contribution in [0, 0.1) is 5.92 Å². The van der Waals surface area contributed by atoms with Gasteiger partial charge in [-0.25, -0.2) is 9.78 Å². The molecule has 0 spiro atoms. The van der Waals surface area contributed by atoms with E-state index in [1.807, 2.05) is 42.9 Å². The van der Waals surface area contributed by atoms with E-state index in [2.05, 4.69) is 33.8 Å². The number of nitrogens with zero attached hydrogens (tertiary/aromatic N) is 2. The Kier molecular flexibility index (Phi) is 4.92. The molecule has 4 heteroatoms. The number of hydrogen-bond acceptors (Lipinski definition) is 3. The number of ether oxygens (including phenoxy) is 1. The van der Waals surface area contributed by atoms with Crippen LogP contribution in [-0.2, 0) is 4.74 Å². The highest BCUT2D eigenvalue weighted by Gasteiger charge is 2.35. The summed E-state index contributed by atoms with van der Waals surface area (Å²) in [5.74, 6) is 0.217. The van der Waals surface area contributed by atoms with Gasteiger partial charge in [0.25, 0.3) is 0 Å². The fourth-order valence-electron chi connectivity index (χ4n) is 5.02. The number of carbonyl (C=O) groups is 1. The molecular weight excluding hydrogens is 360 g/mol. The van der Waals surface area contributed by atoms with Crippen LogP contribution in [-0.4, -0.2) is 21.6 Å². The quantitative estimate of drug-likeness (QED) is 0.532. The van der Waals surface area contributed by atoms with Gasteiger partial charge in [0.05, 0.1) is 29.8 Å². The van der Waals surface area contributed by atoms with E-state index >= 15 is 0 Å². The number of aromatic nitrogens is 2. The summed E-state index contributed by atoms with van der Waals surface area (Å²) < 4.78 is 8.42. The minimum absolute atomic E-state index is 0.0885. The highest BCUT2D eigenvalue weighted by atomic mass is 16.5. The molecule has 0 saturated heterocycles. The van der Waals surface area contributed by atoms with Gasteiger partial charge in [0.2, 0.25) is 0 Å². The van der Waals surface area contributed by atoms with Gasteiger partial charge in [-0.3, -0.25) is 0 Å². The first-order valence-electron chi connectivity index (χ1n) is 10.7. The zero-order valence-electron chi connectivity index (χ0n) is 16.5. The molecule has 1 aliphatic heterocycles. The van der Waals surface area contributed by atoms with Gasteiger partial charge in [-0.05, 0) is 36.5 Å². The Hall–Kier alpha value is -2.88. The summed E-state index contributed by atoms with van der Waals surface area (Å²) in [6, 6.07) is 18.1. The maximum atomic E-state index is 12.9. The zero-order valence-corrected chi connectivity index (χ0v) is 16.5. The van der Waals surface area contributed by atoms with Crippen molar-refractivity contribution in [2.24, 2.45) is 5.92 Å². The predicted octanol–water partition coefficient (Wildman–Crippen LogP) is 5.65. The van der Waals surface area contributed by atoms with E-state index in [-0.39, 0.29) is 18.1 Å². The van der Waals surface area contributed by atoms with Gasteiger partial charge in [0.1, 0.15) is 6.10 Å². The molecule has 1 fully saturated rings. The monoisotopic (exact) mass is 386 g/mol. The molecule has 2 unspecified atom stereocenters. The summed E-state index contributed by atoms with van der Waals surface area (Å²) in [6.45, 7) is 0. The summed E-state index contributed by atoms with van der Waals surface area (Å²) in [5, 5.41) is 0. The average Bonchev–Trinajstić information content (AvgIpc) is 3.37. The highest BCUT2D eigenvalue weighted by molar-refractivity contribution is 5.89. The molecule has 0 N–H and O–H groups in total. The lowest BCUT2D eigenvalue weighted by Crippen LogP contribution is -2.31. The molecule has 2 atom stereocenters. The maximum absolute atomic E-state index is 12.9. The van der Waals surface area contributed by atoms with Gasteiger partial charge in [0.15, 0.2) is 0 Å². The second-order valence-corrected chi connectivity index (χ2v) is 8.23. The van der Waals surface area contributed by atoms with Crippen molar-refractivity contribution in [3.05, 3.63) is 78.2 Å². The second-order valence-electron chi connectivity index (χ2n) is 8.23. The number of carbonyl (C=O) groups excluding carboxylic acids is 1. The molecule has 2 heterocycles. The molecule has 5 rings (SSSR count). The van der Waals surface area contributed by atoms with Gasteiger partial charge < -0.3 is 9.30 Å². The van der Waals surface area contributed by atoms with Crippen LogP contribution < -0.4 is 0 Å². The van der Waals surface area contributed by atoms with Crippen LogP contribution in [0.1, 0.15) is 60.5 Å². The third-order valence-corrected chi connectivity index (χ3v) is 6.50. The van der Waals surface area contributed by atoms with Gasteiger partial charge in [-0.1, -0.05) is 61.7 Å². The first-order valence-corrected chi connectivity index (χ1v) is 10.7. The summed E-state index contributed by atoms with van der Waals surface area (Å²) in [5.41, 5.74) is 4.33. The molecule has 1 saturated carbocycles. The Morgan fingerprint density at radius 2 is 1.79 bits per heavy atom. The molecular formula is C25H26N2O2. The van der Waals surface area contributed by atoms with E-state index in [1.165, 1.54) is 30.4 Å². The highest BCUT2D eigenvalue weighted by Crippen LogP contribution is 2.43. The second kappa shape index (κ2) is 7.86. The van der Waals surface area contributed by atoms with E-state index < -0.39 is 0 Å². The van der Waals surface area contributed by atoms with Crippen LogP contribution in [0.4, 0.5) is 0 Å². The molecule has 2 aliphatic rings. The summed E-state index contributed by atoms with van der Waals surface area (Å²) in [6.07, 6.45) is 10.6. The molecule has 1 aliphatic carbocycles. The van der Waals surface area contributed by atoms with Crippen molar-refractivity contribution in [2.75, 3.05) is 0 Å². The normalized spacial score (nSPS) is 19.4. The molecule has 0 bridgehead atoms. The van der Waals surface area contributed by atoms with Crippen LogP contribution in [0.2, 0.25) is 0 Å². The molecule has 148 valence electrons. The maximum Gasteiger partial charge on any atom is 0.338 e. The van der Waals surface area contributed by atoms with Gasteiger partial charge in [0, 0.05) is 12.0 Å². The van der Waals surface area contributed by atoms with Crippen molar-refractivity contribution in [3.8, 4) is 11.3 Å². The van der Waals surface area contributed by atoms with Crippen molar-refractivity contribution < 1.29 is 9.53 Å². The minimum Gasteiger partial charge on any atom is -0.458 e. The van der Waals surface area contributed by atoms with Crippen molar-refractivity contribution in [1.82, 2.24) is 9.55 Å². The van der Waals surface area contributed by atoms with Crippen LogP contribution >= 0.6 is 0 Å². The molecule has 0 radical (unpaired) electrons. The van der Waals surface area contributed by atoms with Crippen molar-refractivity contribution >= 4 is 5.97 Å². The minimum atomic E-state index is -0.210. The summed E-state index contributed by atoms with van der Waals surface area (Å²) in [4.78, 5) is 17.2. The van der Waals surface area contributed by atoms with Gasteiger partial charge in [-0.2, -0.15) is 0 Å². The largest absolute Gasteiger partial charge is 0.458 e. The molecule has 2 aromatic carbocycles. The lowest BCUT2D eigenvalue weighted by atomic mass is 9.82. The standard InChI is InChI=1S/C25H26N2O2/c28-25(19-11-5-2-6-12-19)29-24(18-9-3-1-4-10-18)15-22-20-13-7-8-14-21(20)23-16-26-17-27(22)23/h2,5-8,11-14,16-18,22,24H,1,3-4,9-10,15H2. The van der Waals surface area contributed by atoms with Crippen LogP contribution in [0.15, 0.2) is 67.1 Å². The van der Waals surface area contributed by atoms with Crippen molar-refractivity contribution in [1.29, 1.82) is 0 Å². The number of hydrogen-bond donors (Lipinski definition) is 0. The Labute approximate surface area is 171 Å². The Morgan fingerprint density at radius 1 is 1.03 bits per heavy atom. The number of rotatable bonds is 5. The SMILES string of the molecule is O=C(OC(CC1c2ccccc2-c2cncn21)C1CCCCC1)c1ccccc1. The van der Waals surface area contributed by atoms with Crippen molar-refractivity contribution in [2.45, 2.75) is 50.7 Å². The number of benzene rings is 2. The smallest absolute Gasteiger partial charge is 0.338 e. The topological polar surface area (TPSA) is 44.1 Å². The van der Waals surface area contributed by atoms with E-state index in [1.54, 1.807) is 0 Å². The lowest BCUT2D eigenvalue weighted by Gasteiger charge is -2.32. The summed E-state index contributed by atoms with van der Waals surface area (Å²) >= 11 is 0. The summed E-state index contributed by atoms with van der Waals surface area (Å²) in [7, 11) is 0. The van der Waals surface area contributed by atoms with Gasteiger partial charge >= 0.3 is 5.97 Å². The number of esters is 1. The number of fused-ring (bicyclic) bond motifs is 3. The Balaban J connectivity index is 1.44. The van der Waals surface area contributed by atoms with Gasteiger partial charge in [-0.15, -0.1) is 0 Å². The average molecular weight is 386 g/mol.